The first-order valence-corrected chi connectivity index (χ1v) is 4.44. The van der Waals surface area contributed by atoms with Crippen molar-refractivity contribution in [2.24, 2.45) is 0 Å². The Bertz CT molecular complexity index is 136. The lowest BCUT2D eigenvalue weighted by Crippen LogP contribution is -2.29. The SMILES string of the molecule is CCCCOCC(OC)C(=O)OC. The zero-order chi connectivity index (χ0) is 10.1. The minimum atomic E-state index is -0.596. The molecule has 0 aromatic carbocycles. The highest BCUT2D eigenvalue weighted by Crippen LogP contribution is 1.96. The van der Waals surface area contributed by atoms with E-state index in [2.05, 4.69) is 11.7 Å². The normalized spacial score (nSPS) is 12.5. The van der Waals surface area contributed by atoms with Crippen LogP contribution in [0, 0.1) is 0 Å². The van der Waals surface area contributed by atoms with Crippen molar-refractivity contribution in [2.75, 3.05) is 27.4 Å². The zero-order valence-corrected chi connectivity index (χ0v) is 8.54. The van der Waals surface area contributed by atoms with Gasteiger partial charge < -0.3 is 14.2 Å². The smallest absolute Gasteiger partial charge is 0.337 e. The topological polar surface area (TPSA) is 44.8 Å². The third kappa shape index (κ3) is 5.60. The van der Waals surface area contributed by atoms with E-state index in [-0.39, 0.29) is 12.6 Å². The molecule has 0 saturated heterocycles. The Labute approximate surface area is 79.2 Å². The fourth-order valence-electron chi connectivity index (χ4n) is 0.801. The summed E-state index contributed by atoms with van der Waals surface area (Å²) in [6.45, 7) is 3.01. The Morgan fingerprint density at radius 1 is 1.38 bits per heavy atom. The number of carbonyl (C=O) groups excluding carboxylic acids is 1. The van der Waals surface area contributed by atoms with Crippen LogP contribution in [0.5, 0.6) is 0 Å². The van der Waals surface area contributed by atoms with E-state index >= 15 is 0 Å². The number of carbonyl (C=O) groups is 1. The van der Waals surface area contributed by atoms with E-state index in [1.54, 1.807) is 0 Å². The summed E-state index contributed by atoms with van der Waals surface area (Å²) in [4.78, 5) is 11.0. The maximum Gasteiger partial charge on any atom is 0.337 e. The minimum Gasteiger partial charge on any atom is -0.467 e. The van der Waals surface area contributed by atoms with Crippen LogP contribution in [-0.4, -0.2) is 39.5 Å². The molecule has 0 rings (SSSR count). The Hall–Kier alpha value is -0.610. The fourth-order valence-corrected chi connectivity index (χ4v) is 0.801. The monoisotopic (exact) mass is 190 g/mol. The molecule has 13 heavy (non-hydrogen) atoms. The maximum absolute atomic E-state index is 11.0. The molecule has 0 N–H and O–H groups in total. The van der Waals surface area contributed by atoms with Gasteiger partial charge in [0.1, 0.15) is 0 Å². The first-order valence-electron chi connectivity index (χ1n) is 4.44. The second-order valence-corrected chi connectivity index (χ2v) is 2.68. The van der Waals surface area contributed by atoms with Gasteiger partial charge in [-0.15, -0.1) is 0 Å². The Balaban J connectivity index is 3.53. The molecule has 0 amide bonds. The van der Waals surface area contributed by atoms with Crippen LogP contribution in [0.15, 0.2) is 0 Å². The van der Waals surface area contributed by atoms with Gasteiger partial charge in [-0.25, -0.2) is 4.79 Å². The van der Waals surface area contributed by atoms with Crippen LogP contribution in [-0.2, 0) is 19.0 Å². The Kier molecular flexibility index (Phi) is 7.63. The molecule has 0 aliphatic carbocycles. The predicted octanol–water partition coefficient (Wildman–Crippen LogP) is 0.991. The lowest BCUT2D eigenvalue weighted by Gasteiger charge is -2.12. The number of hydrogen-bond donors (Lipinski definition) is 0. The number of ether oxygens (including phenoxy) is 3. The van der Waals surface area contributed by atoms with Gasteiger partial charge in [-0.1, -0.05) is 13.3 Å². The van der Waals surface area contributed by atoms with Gasteiger partial charge in [0.2, 0.25) is 0 Å². The third-order valence-electron chi connectivity index (χ3n) is 1.66. The molecule has 0 aliphatic rings. The molecule has 0 spiro atoms. The molecule has 78 valence electrons. The molecule has 0 bridgehead atoms. The zero-order valence-electron chi connectivity index (χ0n) is 8.54. The second-order valence-electron chi connectivity index (χ2n) is 2.68. The molecule has 4 heteroatoms. The third-order valence-corrected chi connectivity index (χ3v) is 1.66. The summed E-state index contributed by atoms with van der Waals surface area (Å²) in [5.74, 6) is -0.390. The van der Waals surface area contributed by atoms with E-state index in [1.165, 1.54) is 14.2 Å². The lowest BCUT2D eigenvalue weighted by atomic mass is 10.3. The predicted molar refractivity (Wildman–Crippen MR) is 48.5 cm³/mol. The van der Waals surface area contributed by atoms with Crippen LogP contribution in [0.4, 0.5) is 0 Å². The van der Waals surface area contributed by atoms with Crippen LogP contribution in [0.25, 0.3) is 0 Å². The number of unbranched alkanes of at least 4 members (excludes halogenated alkanes) is 1. The number of hydrogen-bond acceptors (Lipinski definition) is 4. The molecular weight excluding hydrogens is 172 g/mol. The van der Waals surface area contributed by atoms with Gasteiger partial charge in [-0.3, -0.25) is 0 Å². The number of methoxy groups -OCH3 is 2. The van der Waals surface area contributed by atoms with Crippen molar-refractivity contribution in [1.82, 2.24) is 0 Å². The summed E-state index contributed by atoms with van der Waals surface area (Å²) >= 11 is 0. The average Bonchev–Trinajstić information content (AvgIpc) is 2.17. The van der Waals surface area contributed by atoms with E-state index in [0.717, 1.165) is 12.8 Å². The van der Waals surface area contributed by atoms with Crippen molar-refractivity contribution in [3.05, 3.63) is 0 Å². The highest BCUT2D eigenvalue weighted by atomic mass is 16.6. The summed E-state index contributed by atoms with van der Waals surface area (Å²) in [6, 6.07) is 0. The van der Waals surface area contributed by atoms with Gasteiger partial charge in [0, 0.05) is 13.7 Å². The van der Waals surface area contributed by atoms with E-state index in [0.29, 0.717) is 6.61 Å². The lowest BCUT2D eigenvalue weighted by molar-refractivity contribution is -0.155. The molecule has 0 aromatic rings. The van der Waals surface area contributed by atoms with Gasteiger partial charge in [-0.2, -0.15) is 0 Å². The number of rotatable bonds is 7. The average molecular weight is 190 g/mol. The van der Waals surface area contributed by atoms with Crippen LogP contribution < -0.4 is 0 Å². The molecule has 0 saturated carbocycles. The van der Waals surface area contributed by atoms with Crippen molar-refractivity contribution in [2.45, 2.75) is 25.9 Å². The Morgan fingerprint density at radius 3 is 2.54 bits per heavy atom. The van der Waals surface area contributed by atoms with E-state index < -0.39 is 6.10 Å². The van der Waals surface area contributed by atoms with Gasteiger partial charge in [0.15, 0.2) is 6.10 Å². The van der Waals surface area contributed by atoms with E-state index in [4.69, 9.17) is 9.47 Å². The van der Waals surface area contributed by atoms with Gasteiger partial charge >= 0.3 is 5.97 Å². The van der Waals surface area contributed by atoms with Gasteiger partial charge in [0.25, 0.3) is 0 Å². The fraction of sp³-hybridized carbons (Fsp3) is 0.889. The highest BCUT2D eigenvalue weighted by Gasteiger charge is 2.17. The molecule has 0 radical (unpaired) electrons. The maximum atomic E-state index is 11.0. The summed E-state index contributed by atoms with van der Waals surface area (Å²) in [5.41, 5.74) is 0. The van der Waals surface area contributed by atoms with Crippen LogP contribution in [0.2, 0.25) is 0 Å². The molecule has 4 nitrogen and oxygen atoms in total. The summed E-state index contributed by atoms with van der Waals surface area (Å²) < 4.78 is 14.6. The van der Waals surface area contributed by atoms with E-state index in [9.17, 15) is 4.79 Å². The number of esters is 1. The van der Waals surface area contributed by atoms with Crippen molar-refractivity contribution in [3.8, 4) is 0 Å². The van der Waals surface area contributed by atoms with Gasteiger partial charge in [0.05, 0.1) is 13.7 Å². The molecule has 0 aliphatic heterocycles. The van der Waals surface area contributed by atoms with Crippen LogP contribution >= 0.6 is 0 Å². The highest BCUT2D eigenvalue weighted by molar-refractivity contribution is 5.74. The van der Waals surface area contributed by atoms with Crippen molar-refractivity contribution < 1.29 is 19.0 Å². The van der Waals surface area contributed by atoms with Crippen molar-refractivity contribution >= 4 is 5.97 Å². The minimum absolute atomic E-state index is 0.267. The summed E-state index contributed by atoms with van der Waals surface area (Å²) in [7, 11) is 2.80. The largest absolute Gasteiger partial charge is 0.467 e. The molecule has 0 heterocycles. The van der Waals surface area contributed by atoms with Crippen molar-refractivity contribution in [1.29, 1.82) is 0 Å². The first kappa shape index (κ1) is 12.4. The van der Waals surface area contributed by atoms with E-state index in [1.807, 2.05) is 0 Å². The Morgan fingerprint density at radius 2 is 2.08 bits per heavy atom. The molecule has 0 aromatic heterocycles. The standard InChI is InChI=1S/C9H18O4/c1-4-5-6-13-7-8(11-2)9(10)12-3/h8H,4-7H2,1-3H3. The van der Waals surface area contributed by atoms with Crippen LogP contribution in [0.1, 0.15) is 19.8 Å². The summed E-state index contributed by atoms with van der Waals surface area (Å²) in [5, 5.41) is 0. The van der Waals surface area contributed by atoms with Gasteiger partial charge in [-0.05, 0) is 6.42 Å². The molecule has 0 fully saturated rings. The second kappa shape index (κ2) is 8.01. The quantitative estimate of drug-likeness (QED) is 0.443. The molecular formula is C9H18O4. The van der Waals surface area contributed by atoms with Crippen molar-refractivity contribution in [3.63, 3.8) is 0 Å². The molecule has 1 atom stereocenters. The summed E-state index contributed by atoms with van der Waals surface area (Å²) in [6.07, 6.45) is 1.48. The van der Waals surface area contributed by atoms with Crippen LogP contribution in [0.3, 0.4) is 0 Å². The first-order chi connectivity index (χ1) is 6.26. The molecule has 1 unspecified atom stereocenters.